The highest BCUT2D eigenvalue weighted by Crippen LogP contribution is 2.35. The number of carbonyl (C=O) groups excluding carboxylic acids is 2. The zero-order chi connectivity index (χ0) is 15.9. The van der Waals surface area contributed by atoms with Crippen LogP contribution < -0.4 is 0 Å². The number of nitrogens with zero attached hydrogens (tertiary/aromatic N) is 2. The van der Waals surface area contributed by atoms with Crippen molar-refractivity contribution in [2.75, 3.05) is 0 Å². The molecule has 0 aliphatic carbocycles. The minimum Gasteiger partial charge on any atom is -0.269 e. The summed E-state index contributed by atoms with van der Waals surface area (Å²) in [6.07, 6.45) is 0. The summed E-state index contributed by atoms with van der Waals surface area (Å²) in [7, 11) is 0. The summed E-state index contributed by atoms with van der Waals surface area (Å²) >= 11 is 0. The number of rotatable bonds is 3. The molecule has 0 radical (unpaired) electrons. The van der Waals surface area contributed by atoms with Crippen molar-refractivity contribution in [2.24, 2.45) is 0 Å². The molecule has 1 aliphatic heterocycles. The third-order valence-corrected chi connectivity index (χ3v) is 3.79. The summed E-state index contributed by atoms with van der Waals surface area (Å²) in [6.45, 7) is 1.73. The fourth-order valence-corrected chi connectivity index (χ4v) is 2.67. The summed E-state index contributed by atoms with van der Waals surface area (Å²) in [5.41, 5.74) is 0.417. The topological polar surface area (TPSA) is 80.5 Å². The molecule has 6 nitrogen and oxygen atoms in total. The normalized spacial score (nSPS) is 14.9. The first-order valence-electron chi connectivity index (χ1n) is 6.72. The Balaban J connectivity index is 2.08. The Kier molecular flexibility index (Phi) is 3.21. The van der Waals surface area contributed by atoms with Crippen LogP contribution in [0.5, 0.6) is 0 Å². The summed E-state index contributed by atoms with van der Waals surface area (Å²) in [5, 5.41) is 11.1. The molecular formula is C16H12N2O4. The third-order valence-electron chi connectivity index (χ3n) is 3.79. The minimum absolute atomic E-state index is 0.0852. The van der Waals surface area contributed by atoms with Crippen LogP contribution in [0.25, 0.3) is 0 Å². The van der Waals surface area contributed by atoms with E-state index in [1.165, 1.54) is 18.2 Å². The molecule has 0 fully saturated rings. The maximum Gasteiger partial charge on any atom is 0.282 e. The van der Waals surface area contributed by atoms with E-state index >= 15 is 0 Å². The summed E-state index contributed by atoms with van der Waals surface area (Å²) < 4.78 is 0. The van der Waals surface area contributed by atoms with Crippen LogP contribution in [-0.2, 0) is 0 Å². The quantitative estimate of drug-likeness (QED) is 0.495. The fourth-order valence-electron chi connectivity index (χ4n) is 2.67. The molecule has 2 aromatic rings. The molecule has 22 heavy (non-hydrogen) atoms. The zero-order valence-corrected chi connectivity index (χ0v) is 11.7. The van der Waals surface area contributed by atoms with E-state index < -0.39 is 22.8 Å². The highest BCUT2D eigenvalue weighted by Gasteiger charge is 2.43. The Bertz CT molecular complexity index is 786. The van der Waals surface area contributed by atoms with E-state index in [0.29, 0.717) is 0 Å². The maximum absolute atomic E-state index is 12.5. The van der Waals surface area contributed by atoms with Crippen molar-refractivity contribution in [1.82, 2.24) is 4.90 Å². The molecule has 2 amide bonds. The van der Waals surface area contributed by atoms with Crippen molar-refractivity contribution in [3.8, 4) is 0 Å². The van der Waals surface area contributed by atoms with Crippen LogP contribution in [0, 0.1) is 10.1 Å². The molecule has 3 rings (SSSR count). The zero-order valence-electron chi connectivity index (χ0n) is 11.7. The van der Waals surface area contributed by atoms with E-state index in [1.807, 2.05) is 30.3 Å². The molecule has 0 N–H and O–H groups in total. The second-order valence-corrected chi connectivity index (χ2v) is 5.02. The van der Waals surface area contributed by atoms with Crippen molar-refractivity contribution in [3.05, 3.63) is 75.3 Å². The number of hydrogen-bond donors (Lipinski definition) is 0. The Labute approximate surface area is 126 Å². The van der Waals surface area contributed by atoms with Crippen molar-refractivity contribution >= 4 is 17.5 Å². The molecule has 0 bridgehead atoms. The molecule has 0 saturated carbocycles. The van der Waals surface area contributed by atoms with Crippen LogP contribution >= 0.6 is 0 Å². The van der Waals surface area contributed by atoms with Gasteiger partial charge in [0.2, 0.25) is 0 Å². The molecule has 1 aliphatic rings. The number of carbonyl (C=O) groups is 2. The SMILES string of the molecule is CC(c1ccccc1)N1C(=O)c2cccc([N+](=O)[O-])c2C1=O. The first kappa shape index (κ1) is 13.9. The van der Waals surface area contributed by atoms with E-state index in [9.17, 15) is 19.7 Å². The van der Waals surface area contributed by atoms with Gasteiger partial charge < -0.3 is 0 Å². The van der Waals surface area contributed by atoms with Crippen molar-refractivity contribution in [3.63, 3.8) is 0 Å². The number of amides is 2. The van der Waals surface area contributed by atoms with Crippen molar-refractivity contribution in [2.45, 2.75) is 13.0 Å². The lowest BCUT2D eigenvalue weighted by Gasteiger charge is -2.22. The molecule has 0 spiro atoms. The van der Waals surface area contributed by atoms with E-state index in [0.717, 1.165) is 10.5 Å². The van der Waals surface area contributed by atoms with E-state index in [1.54, 1.807) is 6.92 Å². The van der Waals surface area contributed by atoms with Gasteiger partial charge in [-0.1, -0.05) is 36.4 Å². The Morgan fingerprint density at radius 3 is 2.32 bits per heavy atom. The first-order chi connectivity index (χ1) is 10.5. The van der Waals surface area contributed by atoms with Gasteiger partial charge >= 0.3 is 0 Å². The van der Waals surface area contributed by atoms with E-state index in [4.69, 9.17) is 0 Å². The average Bonchev–Trinajstić information content (AvgIpc) is 2.79. The number of fused-ring (bicyclic) bond motifs is 1. The number of hydrogen-bond acceptors (Lipinski definition) is 4. The predicted molar refractivity (Wildman–Crippen MR) is 78.5 cm³/mol. The predicted octanol–water partition coefficient (Wildman–Crippen LogP) is 2.95. The van der Waals surface area contributed by atoms with Gasteiger partial charge in [-0.15, -0.1) is 0 Å². The van der Waals surface area contributed by atoms with Crippen LogP contribution in [0.4, 0.5) is 5.69 Å². The van der Waals surface area contributed by atoms with Crippen molar-refractivity contribution < 1.29 is 14.5 Å². The minimum atomic E-state index is -0.638. The molecule has 0 saturated heterocycles. The molecule has 1 atom stereocenters. The van der Waals surface area contributed by atoms with Gasteiger partial charge in [0.05, 0.1) is 16.5 Å². The molecule has 110 valence electrons. The third kappa shape index (κ3) is 1.96. The monoisotopic (exact) mass is 296 g/mol. The molecule has 0 aromatic heterocycles. The molecule has 2 aromatic carbocycles. The van der Waals surface area contributed by atoms with Gasteiger partial charge in [-0.2, -0.15) is 0 Å². The summed E-state index contributed by atoms with van der Waals surface area (Å²) in [5.74, 6) is -1.12. The van der Waals surface area contributed by atoms with Gasteiger partial charge in [-0.3, -0.25) is 24.6 Å². The average molecular weight is 296 g/mol. The fraction of sp³-hybridized carbons (Fsp3) is 0.125. The summed E-state index contributed by atoms with van der Waals surface area (Å²) in [6, 6.07) is 12.7. The standard InChI is InChI=1S/C16H12N2O4/c1-10(11-6-3-2-4-7-11)17-15(19)12-8-5-9-13(18(21)22)14(12)16(17)20/h2-10H,1H3. The second kappa shape index (κ2) is 5.07. The largest absolute Gasteiger partial charge is 0.282 e. The van der Waals surface area contributed by atoms with Crippen LogP contribution in [0.15, 0.2) is 48.5 Å². The van der Waals surface area contributed by atoms with E-state index in [2.05, 4.69) is 0 Å². The first-order valence-corrected chi connectivity index (χ1v) is 6.72. The van der Waals surface area contributed by atoms with E-state index in [-0.39, 0.29) is 16.8 Å². The Morgan fingerprint density at radius 1 is 1.00 bits per heavy atom. The summed E-state index contributed by atoms with van der Waals surface area (Å²) in [4.78, 5) is 36.5. The lowest BCUT2D eigenvalue weighted by Crippen LogP contribution is -2.32. The molecule has 1 heterocycles. The lowest BCUT2D eigenvalue weighted by atomic mass is 10.1. The number of nitro groups is 1. The highest BCUT2D eigenvalue weighted by atomic mass is 16.6. The highest BCUT2D eigenvalue weighted by molar-refractivity contribution is 6.23. The number of imide groups is 1. The van der Waals surface area contributed by atoms with Crippen molar-refractivity contribution in [1.29, 1.82) is 0 Å². The van der Waals surface area contributed by atoms with Gasteiger partial charge in [0.15, 0.2) is 0 Å². The molecular weight excluding hydrogens is 284 g/mol. The number of benzene rings is 2. The van der Waals surface area contributed by atoms with Gasteiger partial charge in [0.25, 0.3) is 17.5 Å². The smallest absolute Gasteiger partial charge is 0.269 e. The number of nitro benzene ring substituents is 1. The van der Waals surface area contributed by atoms with Crippen LogP contribution in [0.2, 0.25) is 0 Å². The molecule has 1 unspecified atom stereocenters. The Hall–Kier alpha value is -3.02. The molecule has 6 heteroatoms. The second-order valence-electron chi connectivity index (χ2n) is 5.02. The van der Waals surface area contributed by atoms with Gasteiger partial charge in [-0.05, 0) is 18.6 Å². The lowest BCUT2D eigenvalue weighted by molar-refractivity contribution is -0.385. The van der Waals surface area contributed by atoms with Gasteiger partial charge in [-0.25, -0.2) is 0 Å². The van der Waals surface area contributed by atoms with Crippen LogP contribution in [0.1, 0.15) is 39.2 Å². The van der Waals surface area contributed by atoms with Gasteiger partial charge in [0.1, 0.15) is 5.56 Å². The van der Waals surface area contributed by atoms with Crippen LogP contribution in [0.3, 0.4) is 0 Å². The maximum atomic E-state index is 12.5. The van der Waals surface area contributed by atoms with Gasteiger partial charge in [0, 0.05) is 6.07 Å². The van der Waals surface area contributed by atoms with Crippen LogP contribution in [-0.4, -0.2) is 21.6 Å². The Morgan fingerprint density at radius 2 is 1.68 bits per heavy atom.